The maximum Gasteiger partial charge on any atom is 0.573 e. The highest BCUT2D eigenvalue weighted by atomic mass is 35.5. The number of carbonyl (C=O) groups is 1. The van der Waals surface area contributed by atoms with Crippen LogP contribution in [0.25, 0.3) is 0 Å². The molecule has 1 amide bonds. The summed E-state index contributed by atoms with van der Waals surface area (Å²) in [5, 5.41) is 11.2. The highest BCUT2D eigenvalue weighted by Crippen LogP contribution is 2.22. The van der Waals surface area contributed by atoms with Crippen LogP contribution in [0, 0.1) is 0 Å². The van der Waals surface area contributed by atoms with Crippen LogP contribution in [0.2, 0.25) is 0 Å². The molecule has 120 valence electrons. The van der Waals surface area contributed by atoms with Crippen molar-refractivity contribution in [3.05, 3.63) is 29.8 Å². The van der Waals surface area contributed by atoms with Gasteiger partial charge in [0.1, 0.15) is 11.8 Å². The predicted octanol–water partition coefficient (Wildman–Crippen LogP) is 0.985. The highest BCUT2D eigenvalue weighted by Gasteiger charge is 2.30. The Morgan fingerprint density at radius 3 is 2.38 bits per heavy atom. The van der Waals surface area contributed by atoms with E-state index >= 15 is 0 Å². The second-order valence-corrected chi connectivity index (χ2v) is 4.02. The summed E-state index contributed by atoms with van der Waals surface area (Å²) >= 11 is 0. The third-order valence-corrected chi connectivity index (χ3v) is 2.40. The van der Waals surface area contributed by atoms with Crippen molar-refractivity contribution in [2.45, 2.75) is 18.8 Å². The number of ether oxygens (including phenoxy) is 1. The van der Waals surface area contributed by atoms with E-state index in [9.17, 15) is 18.0 Å². The zero-order chi connectivity index (χ0) is 15.2. The first kappa shape index (κ1) is 19.5. The quantitative estimate of drug-likeness (QED) is 0.727. The van der Waals surface area contributed by atoms with E-state index in [0.717, 1.165) is 5.56 Å². The topological polar surface area (TPSA) is 84.6 Å². The van der Waals surface area contributed by atoms with Gasteiger partial charge >= 0.3 is 6.36 Å². The molecule has 1 atom stereocenters. The Kier molecular flexibility index (Phi) is 8.08. The molecular formula is C12H16ClF3N2O3. The number of hydrogen-bond donors (Lipinski definition) is 3. The van der Waals surface area contributed by atoms with E-state index in [-0.39, 0.29) is 24.7 Å². The molecule has 0 fully saturated rings. The van der Waals surface area contributed by atoms with Gasteiger partial charge < -0.3 is 20.9 Å². The van der Waals surface area contributed by atoms with Crippen LogP contribution in [0.3, 0.4) is 0 Å². The Labute approximate surface area is 125 Å². The Hall–Kier alpha value is -1.51. The Morgan fingerprint density at radius 2 is 1.90 bits per heavy atom. The number of nitrogens with two attached hydrogens (primary N) is 1. The molecule has 1 rings (SSSR count). The van der Waals surface area contributed by atoms with Crippen molar-refractivity contribution in [3.8, 4) is 5.75 Å². The van der Waals surface area contributed by atoms with E-state index in [0.29, 0.717) is 6.42 Å². The summed E-state index contributed by atoms with van der Waals surface area (Å²) in [6.07, 6.45) is -4.29. The molecule has 0 saturated heterocycles. The summed E-state index contributed by atoms with van der Waals surface area (Å²) in [7, 11) is 0. The van der Waals surface area contributed by atoms with E-state index in [2.05, 4.69) is 10.1 Å². The lowest BCUT2D eigenvalue weighted by Gasteiger charge is -2.10. The fraction of sp³-hybridized carbons (Fsp3) is 0.417. The molecule has 0 aliphatic carbocycles. The lowest BCUT2D eigenvalue weighted by atomic mass is 10.1. The molecule has 1 unspecified atom stereocenters. The third-order valence-electron chi connectivity index (χ3n) is 2.40. The number of aliphatic hydroxyl groups is 1. The van der Waals surface area contributed by atoms with Crippen LogP contribution < -0.4 is 15.8 Å². The molecule has 0 aliphatic rings. The van der Waals surface area contributed by atoms with Crippen molar-refractivity contribution in [3.63, 3.8) is 0 Å². The molecule has 0 spiro atoms. The van der Waals surface area contributed by atoms with Gasteiger partial charge in [0.05, 0.1) is 6.61 Å². The monoisotopic (exact) mass is 328 g/mol. The van der Waals surface area contributed by atoms with Gasteiger partial charge in [0.2, 0.25) is 5.91 Å². The van der Waals surface area contributed by atoms with E-state index in [1.807, 2.05) is 0 Å². The molecule has 0 bridgehead atoms. The Bertz CT molecular complexity index is 440. The number of hydrogen-bond acceptors (Lipinski definition) is 4. The minimum atomic E-state index is -4.71. The smallest absolute Gasteiger partial charge is 0.406 e. The van der Waals surface area contributed by atoms with Gasteiger partial charge in [-0.3, -0.25) is 4.79 Å². The van der Waals surface area contributed by atoms with Crippen molar-refractivity contribution < 1.29 is 27.8 Å². The largest absolute Gasteiger partial charge is 0.573 e. The summed E-state index contributed by atoms with van der Waals surface area (Å²) in [5.74, 6) is -0.780. The van der Waals surface area contributed by atoms with Crippen LogP contribution in [0.5, 0.6) is 5.75 Å². The maximum atomic E-state index is 11.9. The molecule has 0 saturated carbocycles. The van der Waals surface area contributed by atoms with Crippen molar-refractivity contribution in [2.24, 2.45) is 5.73 Å². The fourth-order valence-corrected chi connectivity index (χ4v) is 1.40. The zero-order valence-electron chi connectivity index (χ0n) is 10.9. The predicted molar refractivity (Wildman–Crippen MR) is 72.1 cm³/mol. The number of halogens is 4. The Morgan fingerprint density at radius 1 is 1.33 bits per heavy atom. The molecule has 0 aliphatic heterocycles. The van der Waals surface area contributed by atoms with E-state index in [1.54, 1.807) is 0 Å². The minimum absolute atomic E-state index is 0. The molecule has 21 heavy (non-hydrogen) atoms. The van der Waals surface area contributed by atoms with Crippen LogP contribution in [0.4, 0.5) is 13.2 Å². The molecule has 1 aromatic carbocycles. The number of alkyl halides is 3. The van der Waals surface area contributed by atoms with Gasteiger partial charge in [0.15, 0.2) is 0 Å². The number of rotatable bonds is 6. The van der Waals surface area contributed by atoms with E-state index in [4.69, 9.17) is 10.8 Å². The standard InChI is InChI=1S/C12H15F3N2O3.ClH/c13-12(14,15)20-9-3-1-8(2-4-9)5-6-17-11(19)10(16)7-18;/h1-4,10,18H,5-7,16H2,(H,17,19);1H. The number of nitrogens with one attached hydrogen (secondary N) is 1. The zero-order valence-corrected chi connectivity index (χ0v) is 11.7. The highest BCUT2D eigenvalue weighted by molar-refractivity contribution is 5.85. The van der Waals surface area contributed by atoms with E-state index < -0.39 is 24.9 Å². The summed E-state index contributed by atoms with van der Waals surface area (Å²) in [5.41, 5.74) is 6.02. The van der Waals surface area contributed by atoms with Gasteiger partial charge in [0, 0.05) is 6.54 Å². The maximum absolute atomic E-state index is 11.9. The molecule has 0 radical (unpaired) electrons. The van der Waals surface area contributed by atoms with E-state index in [1.165, 1.54) is 24.3 Å². The molecule has 5 nitrogen and oxygen atoms in total. The number of benzene rings is 1. The van der Waals surface area contributed by atoms with Gasteiger partial charge in [-0.25, -0.2) is 0 Å². The number of carbonyl (C=O) groups excluding carboxylic acids is 1. The van der Waals surface area contributed by atoms with Crippen LogP contribution in [-0.4, -0.2) is 36.6 Å². The average Bonchev–Trinajstić information content (AvgIpc) is 2.38. The molecule has 0 heterocycles. The summed E-state index contributed by atoms with van der Waals surface area (Å²) in [6.45, 7) is -0.179. The number of aliphatic hydroxyl groups excluding tert-OH is 1. The Balaban J connectivity index is 0.00000400. The van der Waals surface area contributed by atoms with Crippen molar-refractivity contribution in [1.29, 1.82) is 0 Å². The normalized spacial score (nSPS) is 12.2. The van der Waals surface area contributed by atoms with Crippen molar-refractivity contribution in [1.82, 2.24) is 5.32 Å². The van der Waals surface area contributed by atoms with Crippen LogP contribution in [0.15, 0.2) is 24.3 Å². The summed E-state index contributed by atoms with van der Waals surface area (Å²) < 4.78 is 39.6. The minimum Gasteiger partial charge on any atom is -0.406 e. The second-order valence-electron chi connectivity index (χ2n) is 4.02. The van der Waals surface area contributed by atoms with Gasteiger partial charge in [-0.05, 0) is 24.1 Å². The van der Waals surface area contributed by atoms with Gasteiger partial charge in [0.25, 0.3) is 0 Å². The third kappa shape index (κ3) is 7.74. The average molecular weight is 329 g/mol. The van der Waals surface area contributed by atoms with Gasteiger partial charge in [-0.2, -0.15) is 0 Å². The molecule has 9 heteroatoms. The summed E-state index contributed by atoms with van der Waals surface area (Å²) in [6, 6.07) is 4.37. The van der Waals surface area contributed by atoms with Crippen molar-refractivity contribution >= 4 is 18.3 Å². The van der Waals surface area contributed by atoms with Crippen LogP contribution in [-0.2, 0) is 11.2 Å². The van der Waals surface area contributed by atoms with Gasteiger partial charge in [-0.1, -0.05) is 12.1 Å². The number of amides is 1. The van der Waals surface area contributed by atoms with Crippen LogP contribution in [0.1, 0.15) is 5.56 Å². The summed E-state index contributed by atoms with van der Waals surface area (Å²) in [4.78, 5) is 11.2. The molecule has 0 aromatic heterocycles. The molecular weight excluding hydrogens is 313 g/mol. The second kappa shape index (κ2) is 8.71. The first-order valence-electron chi connectivity index (χ1n) is 5.80. The van der Waals surface area contributed by atoms with Gasteiger partial charge in [-0.15, -0.1) is 25.6 Å². The SMILES string of the molecule is Cl.NC(CO)C(=O)NCCc1ccc(OC(F)(F)F)cc1. The fourth-order valence-electron chi connectivity index (χ4n) is 1.40. The first-order chi connectivity index (χ1) is 9.31. The van der Waals surface area contributed by atoms with Crippen LogP contribution >= 0.6 is 12.4 Å². The lowest BCUT2D eigenvalue weighted by Crippen LogP contribution is -2.43. The lowest BCUT2D eigenvalue weighted by molar-refractivity contribution is -0.274. The first-order valence-corrected chi connectivity index (χ1v) is 5.80. The molecule has 4 N–H and O–H groups in total. The molecule has 1 aromatic rings. The van der Waals surface area contributed by atoms with Crippen molar-refractivity contribution in [2.75, 3.05) is 13.2 Å².